The number of nitrogens with zero attached hydrogens (tertiary/aromatic N) is 2. The van der Waals surface area contributed by atoms with Crippen LogP contribution in [0.3, 0.4) is 0 Å². The fraction of sp³-hybridized carbons (Fsp3) is 0.357. The van der Waals surface area contributed by atoms with Gasteiger partial charge in [-0.2, -0.15) is 0 Å². The number of nitrogens with one attached hydrogen (secondary N) is 1. The molecule has 1 fully saturated rings. The Morgan fingerprint density at radius 1 is 1.50 bits per heavy atom. The molecule has 0 radical (unpaired) electrons. The van der Waals surface area contributed by atoms with Crippen molar-refractivity contribution >= 4 is 33.8 Å². The number of hydrogen-bond acceptors (Lipinski definition) is 4. The summed E-state index contributed by atoms with van der Waals surface area (Å²) in [5.41, 5.74) is 1.88. The van der Waals surface area contributed by atoms with Crippen LogP contribution in [0.1, 0.15) is 19.2 Å². The van der Waals surface area contributed by atoms with Crippen LogP contribution in [-0.4, -0.2) is 37.7 Å². The van der Waals surface area contributed by atoms with Crippen molar-refractivity contribution in [2.24, 2.45) is 0 Å². The third kappa shape index (κ3) is 2.70. The van der Waals surface area contributed by atoms with Crippen molar-refractivity contribution in [2.45, 2.75) is 25.1 Å². The lowest BCUT2D eigenvalue weighted by atomic mass is 10.3. The van der Waals surface area contributed by atoms with Crippen LogP contribution in [0.5, 0.6) is 0 Å². The molecule has 1 aromatic carbocycles. The van der Waals surface area contributed by atoms with Crippen LogP contribution in [0, 0.1) is 0 Å². The van der Waals surface area contributed by atoms with Gasteiger partial charge in [-0.25, -0.2) is 4.98 Å². The monoisotopic (exact) mass is 289 g/mol. The number of hydrogen-bond donors (Lipinski definition) is 1. The van der Waals surface area contributed by atoms with E-state index in [4.69, 9.17) is 0 Å². The highest BCUT2D eigenvalue weighted by molar-refractivity contribution is 8.14. The first-order valence-corrected chi connectivity index (χ1v) is 7.38. The summed E-state index contributed by atoms with van der Waals surface area (Å²) in [6, 6.07) is 7.79. The van der Waals surface area contributed by atoms with E-state index in [0.29, 0.717) is 19.5 Å². The minimum absolute atomic E-state index is 0.0633. The van der Waals surface area contributed by atoms with Crippen LogP contribution < -0.4 is 0 Å². The Morgan fingerprint density at radius 3 is 3.05 bits per heavy atom. The second-order valence-corrected chi connectivity index (χ2v) is 6.39. The summed E-state index contributed by atoms with van der Waals surface area (Å²) in [5, 5.41) is 0.137. The van der Waals surface area contributed by atoms with E-state index in [1.165, 1.54) is 18.7 Å². The highest BCUT2D eigenvalue weighted by atomic mass is 32.2. The summed E-state index contributed by atoms with van der Waals surface area (Å²) in [4.78, 5) is 32.5. The first-order valence-electron chi connectivity index (χ1n) is 6.50. The number of carbonyl (C=O) groups excluding carboxylic acids is 2. The average molecular weight is 289 g/mol. The minimum atomic E-state index is 0.0633. The molecule has 3 rings (SSSR count). The van der Waals surface area contributed by atoms with E-state index < -0.39 is 0 Å². The topological polar surface area (TPSA) is 66.1 Å². The van der Waals surface area contributed by atoms with E-state index in [9.17, 15) is 9.59 Å². The molecule has 2 heterocycles. The van der Waals surface area contributed by atoms with Gasteiger partial charge in [0.05, 0.1) is 17.6 Å². The number of likely N-dealkylation sites (tertiary alicyclic amines) is 1. The molecule has 1 aromatic heterocycles. The zero-order valence-electron chi connectivity index (χ0n) is 11.1. The Kier molecular flexibility index (Phi) is 3.48. The van der Waals surface area contributed by atoms with Crippen LogP contribution in [-0.2, 0) is 16.1 Å². The molecular formula is C14H15N3O2S. The Labute approximate surface area is 120 Å². The van der Waals surface area contributed by atoms with Gasteiger partial charge in [-0.1, -0.05) is 23.9 Å². The van der Waals surface area contributed by atoms with Gasteiger partial charge in [0.1, 0.15) is 5.82 Å². The molecular weight excluding hydrogens is 274 g/mol. The van der Waals surface area contributed by atoms with Gasteiger partial charge in [-0.3, -0.25) is 9.59 Å². The lowest BCUT2D eigenvalue weighted by Gasteiger charge is -2.14. The van der Waals surface area contributed by atoms with Crippen LogP contribution >= 0.6 is 11.8 Å². The maximum absolute atomic E-state index is 11.9. The Bertz CT molecular complexity index is 634. The zero-order valence-corrected chi connectivity index (χ0v) is 11.9. The summed E-state index contributed by atoms with van der Waals surface area (Å²) >= 11 is 1.25. The number of benzene rings is 1. The largest absolute Gasteiger partial charge is 0.340 e. The molecule has 0 spiro atoms. The lowest BCUT2D eigenvalue weighted by molar-refractivity contribution is -0.128. The molecule has 6 heteroatoms. The van der Waals surface area contributed by atoms with E-state index in [0.717, 1.165) is 16.9 Å². The molecule has 1 aliphatic heterocycles. The van der Waals surface area contributed by atoms with Crippen molar-refractivity contribution in [3.8, 4) is 0 Å². The number of H-pyrrole nitrogens is 1. The molecule has 5 nitrogen and oxygen atoms in total. The van der Waals surface area contributed by atoms with Gasteiger partial charge >= 0.3 is 0 Å². The van der Waals surface area contributed by atoms with E-state index in [1.54, 1.807) is 4.90 Å². The zero-order chi connectivity index (χ0) is 14.1. The second-order valence-electron chi connectivity index (χ2n) is 4.91. The Morgan fingerprint density at radius 2 is 2.30 bits per heavy atom. The SMILES string of the molecule is CC(=O)SC1CC(=O)N(Cc2nc3ccccc3[nH]2)C1. The predicted molar refractivity (Wildman–Crippen MR) is 78.2 cm³/mol. The number of para-hydroxylation sites is 2. The first-order chi connectivity index (χ1) is 9.61. The summed E-state index contributed by atoms with van der Waals surface area (Å²) in [7, 11) is 0. The molecule has 1 aliphatic rings. The molecule has 20 heavy (non-hydrogen) atoms. The summed E-state index contributed by atoms with van der Waals surface area (Å²) in [6.07, 6.45) is 0.435. The van der Waals surface area contributed by atoms with Gasteiger partial charge in [0, 0.05) is 25.1 Å². The summed E-state index contributed by atoms with van der Waals surface area (Å²) in [6.45, 7) is 2.62. The van der Waals surface area contributed by atoms with Crippen LogP contribution in [0.15, 0.2) is 24.3 Å². The van der Waals surface area contributed by atoms with Crippen molar-refractivity contribution in [3.05, 3.63) is 30.1 Å². The van der Waals surface area contributed by atoms with Crippen LogP contribution in [0.25, 0.3) is 11.0 Å². The molecule has 104 valence electrons. The van der Waals surface area contributed by atoms with Gasteiger partial charge in [-0.15, -0.1) is 0 Å². The van der Waals surface area contributed by atoms with Gasteiger partial charge < -0.3 is 9.88 Å². The number of thioether (sulfide) groups is 1. The van der Waals surface area contributed by atoms with Gasteiger partial charge in [-0.05, 0) is 12.1 Å². The molecule has 1 N–H and O–H groups in total. The molecule has 0 aliphatic carbocycles. The van der Waals surface area contributed by atoms with Crippen molar-refractivity contribution in [1.29, 1.82) is 0 Å². The highest BCUT2D eigenvalue weighted by Gasteiger charge is 2.31. The van der Waals surface area contributed by atoms with Gasteiger partial charge in [0.25, 0.3) is 0 Å². The first kappa shape index (κ1) is 13.2. The smallest absolute Gasteiger partial charge is 0.224 e. The van der Waals surface area contributed by atoms with Crippen molar-refractivity contribution in [2.75, 3.05) is 6.54 Å². The number of aromatic amines is 1. The van der Waals surface area contributed by atoms with Crippen molar-refractivity contribution in [3.63, 3.8) is 0 Å². The van der Waals surface area contributed by atoms with Crippen LogP contribution in [0.2, 0.25) is 0 Å². The standard InChI is InChI=1S/C14H15N3O2S/c1-9(18)20-10-6-14(19)17(7-10)8-13-15-11-4-2-3-5-12(11)16-13/h2-5,10H,6-8H2,1H3,(H,15,16). The average Bonchev–Trinajstić information content (AvgIpc) is 2.92. The maximum Gasteiger partial charge on any atom is 0.224 e. The summed E-state index contributed by atoms with van der Waals surface area (Å²) < 4.78 is 0. The minimum Gasteiger partial charge on any atom is -0.340 e. The number of rotatable bonds is 3. The molecule has 1 amide bonds. The number of fused-ring (bicyclic) bond motifs is 1. The van der Waals surface area contributed by atoms with Gasteiger partial charge in [0.15, 0.2) is 5.12 Å². The number of imidazole rings is 1. The van der Waals surface area contributed by atoms with E-state index >= 15 is 0 Å². The number of aromatic nitrogens is 2. The second kappa shape index (κ2) is 5.28. The molecule has 1 atom stereocenters. The van der Waals surface area contributed by atoms with Crippen molar-refractivity contribution < 1.29 is 9.59 Å². The molecule has 1 saturated heterocycles. The van der Waals surface area contributed by atoms with E-state index in [1.807, 2.05) is 24.3 Å². The van der Waals surface area contributed by atoms with E-state index in [2.05, 4.69) is 9.97 Å². The molecule has 0 bridgehead atoms. The lowest BCUT2D eigenvalue weighted by Crippen LogP contribution is -2.25. The Hall–Kier alpha value is -1.82. The maximum atomic E-state index is 11.9. The normalized spacial score (nSPS) is 18.9. The van der Waals surface area contributed by atoms with Gasteiger partial charge in [0.2, 0.25) is 5.91 Å². The highest BCUT2D eigenvalue weighted by Crippen LogP contribution is 2.25. The predicted octanol–water partition coefficient (Wildman–Crippen LogP) is 1.94. The molecule has 0 saturated carbocycles. The molecule has 2 aromatic rings. The molecule has 1 unspecified atom stereocenters. The number of carbonyl (C=O) groups is 2. The third-order valence-corrected chi connectivity index (χ3v) is 4.27. The Balaban J connectivity index is 1.71. The third-order valence-electron chi connectivity index (χ3n) is 3.29. The fourth-order valence-corrected chi connectivity index (χ4v) is 3.41. The number of amides is 1. The van der Waals surface area contributed by atoms with Crippen LogP contribution in [0.4, 0.5) is 0 Å². The fourth-order valence-electron chi connectivity index (χ4n) is 2.46. The van der Waals surface area contributed by atoms with E-state index in [-0.39, 0.29) is 16.3 Å². The quantitative estimate of drug-likeness (QED) is 0.938. The summed E-state index contributed by atoms with van der Waals surface area (Å²) in [5.74, 6) is 0.872. The van der Waals surface area contributed by atoms with Crippen molar-refractivity contribution in [1.82, 2.24) is 14.9 Å².